The van der Waals surface area contributed by atoms with Crippen molar-refractivity contribution in [1.29, 1.82) is 0 Å². The molecular formula is C23H26N4O2S. The van der Waals surface area contributed by atoms with Crippen LogP contribution in [0.4, 0.5) is 0 Å². The predicted molar refractivity (Wildman–Crippen MR) is 117 cm³/mol. The maximum absolute atomic E-state index is 10.9. The van der Waals surface area contributed by atoms with Crippen LogP contribution in [0.5, 0.6) is 5.88 Å². The van der Waals surface area contributed by atoms with Gasteiger partial charge < -0.3 is 9.52 Å². The van der Waals surface area contributed by atoms with Crippen LogP contribution in [-0.4, -0.2) is 37.7 Å². The Morgan fingerprint density at radius 3 is 2.63 bits per heavy atom. The lowest BCUT2D eigenvalue weighted by Gasteiger charge is -2.36. The Bertz CT molecular complexity index is 1100. The third-order valence-electron chi connectivity index (χ3n) is 6.00. The maximum Gasteiger partial charge on any atom is 0.230 e. The van der Waals surface area contributed by atoms with Crippen molar-refractivity contribution < 1.29 is 9.52 Å². The van der Waals surface area contributed by atoms with Gasteiger partial charge >= 0.3 is 0 Å². The van der Waals surface area contributed by atoms with Gasteiger partial charge in [-0.25, -0.2) is 4.98 Å². The van der Waals surface area contributed by atoms with Gasteiger partial charge in [0, 0.05) is 6.42 Å². The summed E-state index contributed by atoms with van der Waals surface area (Å²) in [5, 5.41) is 15.4. The van der Waals surface area contributed by atoms with E-state index in [2.05, 4.69) is 45.3 Å². The Morgan fingerprint density at radius 2 is 1.97 bits per heavy atom. The Labute approximate surface area is 179 Å². The Hall–Kier alpha value is -2.64. The topological polar surface area (TPSA) is 66.8 Å². The molecule has 0 unspecified atom stereocenters. The molecule has 156 valence electrons. The van der Waals surface area contributed by atoms with Gasteiger partial charge in [0.2, 0.25) is 10.8 Å². The van der Waals surface area contributed by atoms with Gasteiger partial charge in [0.15, 0.2) is 5.82 Å². The highest BCUT2D eigenvalue weighted by Crippen LogP contribution is 2.41. The summed E-state index contributed by atoms with van der Waals surface area (Å²) in [6.07, 6.45) is 5.84. The van der Waals surface area contributed by atoms with Crippen LogP contribution in [0.15, 0.2) is 53.1 Å². The third kappa shape index (κ3) is 3.63. The van der Waals surface area contributed by atoms with Crippen LogP contribution >= 0.6 is 11.3 Å². The van der Waals surface area contributed by atoms with E-state index in [1.165, 1.54) is 16.9 Å². The van der Waals surface area contributed by atoms with Crippen LogP contribution in [-0.2, 0) is 12.8 Å². The van der Waals surface area contributed by atoms with E-state index in [-0.39, 0.29) is 11.9 Å². The molecule has 1 aliphatic heterocycles. The van der Waals surface area contributed by atoms with Gasteiger partial charge in [-0.1, -0.05) is 48.6 Å². The van der Waals surface area contributed by atoms with E-state index in [0.29, 0.717) is 5.92 Å². The molecule has 0 radical (unpaired) electrons. The fraction of sp³-hybridized carbons (Fsp3) is 0.391. The minimum absolute atomic E-state index is 0.115. The molecule has 1 aromatic carbocycles. The van der Waals surface area contributed by atoms with Crippen molar-refractivity contribution in [3.63, 3.8) is 0 Å². The quantitative estimate of drug-likeness (QED) is 0.488. The molecule has 1 fully saturated rings. The summed E-state index contributed by atoms with van der Waals surface area (Å²) < 4.78 is 7.37. The molecule has 6 nitrogen and oxygen atoms in total. The van der Waals surface area contributed by atoms with Gasteiger partial charge in [-0.2, -0.15) is 4.52 Å². The summed E-state index contributed by atoms with van der Waals surface area (Å²) in [7, 11) is 0. The number of thiazole rings is 1. The van der Waals surface area contributed by atoms with Crippen LogP contribution in [0.1, 0.15) is 47.8 Å². The lowest BCUT2D eigenvalue weighted by atomic mass is 9.89. The molecule has 0 aliphatic carbocycles. The molecular weight excluding hydrogens is 396 g/mol. The summed E-state index contributed by atoms with van der Waals surface area (Å²) in [5.74, 6) is 2.46. The molecule has 30 heavy (non-hydrogen) atoms. The first-order chi connectivity index (χ1) is 14.7. The van der Waals surface area contributed by atoms with Crippen molar-refractivity contribution >= 4 is 16.3 Å². The van der Waals surface area contributed by atoms with Crippen LogP contribution in [0.2, 0.25) is 0 Å². The summed E-state index contributed by atoms with van der Waals surface area (Å²) >= 11 is 1.50. The molecule has 1 N–H and O–H groups in total. The van der Waals surface area contributed by atoms with Crippen LogP contribution < -0.4 is 0 Å². The number of nitrogens with zero attached hydrogens (tertiary/aromatic N) is 4. The van der Waals surface area contributed by atoms with Crippen molar-refractivity contribution in [2.24, 2.45) is 5.92 Å². The van der Waals surface area contributed by atoms with E-state index < -0.39 is 0 Å². The van der Waals surface area contributed by atoms with E-state index in [1.54, 1.807) is 10.8 Å². The molecule has 0 bridgehead atoms. The first kappa shape index (κ1) is 19.3. The lowest BCUT2D eigenvalue weighted by Crippen LogP contribution is -2.37. The zero-order chi connectivity index (χ0) is 20.5. The molecule has 1 atom stereocenters. The SMILES string of the molecule is CCc1nc2sc([C@@H](c3ccco3)N3CCC(Cc4ccccc4)CC3)c(O)n2n1. The van der Waals surface area contributed by atoms with Crippen molar-refractivity contribution in [3.8, 4) is 5.88 Å². The monoisotopic (exact) mass is 422 g/mol. The lowest BCUT2D eigenvalue weighted by molar-refractivity contribution is 0.138. The number of fused-ring (bicyclic) bond motifs is 1. The number of likely N-dealkylation sites (tertiary alicyclic amines) is 1. The third-order valence-corrected chi connectivity index (χ3v) is 7.07. The van der Waals surface area contributed by atoms with Crippen molar-refractivity contribution in [1.82, 2.24) is 19.5 Å². The van der Waals surface area contributed by atoms with Gasteiger partial charge in [-0.05, 0) is 56.0 Å². The second kappa shape index (κ2) is 8.24. The summed E-state index contributed by atoms with van der Waals surface area (Å²) in [4.78, 5) is 8.55. The summed E-state index contributed by atoms with van der Waals surface area (Å²) in [6, 6.07) is 14.5. The molecule has 1 saturated heterocycles. The Balaban J connectivity index is 1.38. The maximum atomic E-state index is 10.9. The van der Waals surface area contributed by atoms with Crippen molar-refractivity contribution in [2.45, 2.75) is 38.6 Å². The largest absolute Gasteiger partial charge is 0.492 e. The zero-order valence-electron chi connectivity index (χ0n) is 17.1. The molecule has 1 aliphatic rings. The summed E-state index contributed by atoms with van der Waals surface area (Å²) in [6.45, 7) is 3.95. The molecule has 7 heteroatoms. The number of hydrogen-bond acceptors (Lipinski definition) is 6. The average molecular weight is 423 g/mol. The minimum atomic E-state index is -0.115. The fourth-order valence-electron chi connectivity index (χ4n) is 4.40. The average Bonchev–Trinajstić information content (AvgIpc) is 3.50. The fourth-order valence-corrected chi connectivity index (χ4v) is 5.52. The number of aromatic nitrogens is 3. The number of rotatable bonds is 6. The second-order valence-corrected chi connectivity index (χ2v) is 8.96. The van der Waals surface area contributed by atoms with Gasteiger partial charge in [-0.15, -0.1) is 5.10 Å². The van der Waals surface area contributed by atoms with E-state index in [9.17, 15) is 5.11 Å². The molecule has 5 rings (SSSR count). The number of piperidine rings is 1. The van der Waals surface area contributed by atoms with Crippen LogP contribution in [0.25, 0.3) is 4.96 Å². The van der Waals surface area contributed by atoms with E-state index in [1.807, 2.05) is 19.1 Å². The second-order valence-electron chi connectivity index (χ2n) is 7.95. The standard InChI is InChI=1S/C23H26N4O2S/c1-2-19-24-23-27(25-19)22(28)21(30-23)20(18-9-6-14-29-18)26-12-10-17(11-13-26)15-16-7-4-3-5-8-16/h3-9,14,17,20,28H,2,10-13,15H2,1H3/t20-/m1/s1. The molecule has 4 aromatic rings. The van der Waals surface area contributed by atoms with E-state index in [0.717, 1.165) is 60.2 Å². The van der Waals surface area contributed by atoms with Crippen LogP contribution in [0, 0.1) is 5.92 Å². The van der Waals surface area contributed by atoms with Gasteiger partial charge in [0.05, 0.1) is 11.1 Å². The molecule has 0 spiro atoms. The van der Waals surface area contributed by atoms with Gasteiger partial charge in [0.1, 0.15) is 11.8 Å². The Kier molecular flexibility index (Phi) is 5.31. The van der Waals surface area contributed by atoms with Crippen molar-refractivity contribution in [2.75, 3.05) is 13.1 Å². The number of furan rings is 1. The van der Waals surface area contributed by atoms with Gasteiger partial charge in [0.25, 0.3) is 0 Å². The molecule has 3 aromatic heterocycles. The highest BCUT2D eigenvalue weighted by molar-refractivity contribution is 7.17. The minimum Gasteiger partial charge on any atom is -0.492 e. The first-order valence-corrected chi connectivity index (χ1v) is 11.4. The smallest absolute Gasteiger partial charge is 0.230 e. The van der Waals surface area contributed by atoms with Crippen molar-refractivity contribution in [3.05, 3.63) is 70.8 Å². The molecule has 0 amide bonds. The van der Waals surface area contributed by atoms with E-state index >= 15 is 0 Å². The normalized spacial score (nSPS) is 17.0. The highest BCUT2D eigenvalue weighted by atomic mass is 32.1. The Morgan fingerprint density at radius 1 is 1.17 bits per heavy atom. The predicted octanol–water partition coefficient (Wildman–Crippen LogP) is 4.70. The zero-order valence-corrected chi connectivity index (χ0v) is 17.9. The number of aromatic hydroxyl groups is 1. The number of aryl methyl sites for hydroxylation is 1. The van der Waals surface area contributed by atoms with E-state index in [4.69, 9.17) is 4.42 Å². The first-order valence-electron chi connectivity index (χ1n) is 10.6. The van der Waals surface area contributed by atoms with Crippen LogP contribution in [0.3, 0.4) is 0 Å². The number of hydrogen-bond donors (Lipinski definition) is 1. The highest BCUT2D eigenvalue weighted by Gasteiger charge is 2.33. The molecule has 0 saturated carbocycles. The summed E-state index contributed by atoms with van der Waals surface area (Å²) in [5.41, 5.74) is 1.41. The number of benzene rings is 1. The van der Waals surface area contributed by atoms with Gasteiger partial charge in [-0.3, -0.25) is 4.90 Å². The molecule has 4 heterocycles.